The normalized spacial score (nSPS) is 20.6. The highest BCUT2D eigenvalue weighted by atomic mass is 16.6. The Morgan fingerprint density at radius 3 is 2.60 bits per heavy atom. The van der Waals surface area contributed by atoms with Gasteiger partial charge in [0.1, 0.15) is 5.75 Å². The first-order valence-electron chi connectivity index (χ1n) is 7.74. The lowest BCUT2D eigenvalue weighted by molar-refractivity contribution is -0.385. The summed E-state index contributed by atoms with van der Waals surface area (Å²) in [5.41, 5.74) is -0.0879. The number of non-ortho nitro benzene ring substituents is 1. The molecule has 1 aromatic heterocycles. The Balaban J connectivity index is 2.02. The number of fused-ring (bicyclic) bond motifs is 5. The van der Waals surface area contributed by atoms with Gasteiger partial charge in [-0.3, -0.25) is 24.0 Å². The molecule has 0 amide bonds. The molecule has 4 rings (SSSR count). The zero-order valence-corrected chi connectivity index (χ0v) is 13.6. The molecule has 0 saturated carbocycles. The number of nitro benzene ring substituents is 1. The van der Waals surface area contributed by atoms with Crippen LogP contribution >= 0.6 is 0 Å². The summed E-state index contributed by atoms with van der Waals surface area (Å²) in [6.07, 6.45) is 0. The minimum Gasteiger partial charge on any atom is -0.493 e. The molecule has 2 aromatic rings. The largest absolute Gasteiger partial charge is 0.493 e. The molecule has 0 saturated heterocycles. The Kier molecular flexibility index (Phi) is 3.21. The first-order valence-corrected chi connectivity index (χ1v) is 7.74. The van der Waals surface area contributed by atoms with E-state index >= 15 is 0 Å². The quantitative estimate of drug-likeness (QED) is 0.551. The van der Waals surface area contributed by atoms with Gasteiger partial charge >= 0.3 is 5.69 Å². The van der Waals surface area contributed by atoms with Crippen molar-refractivity contribution in [3.05, 3.63) is 60.3 Å². The maximum absolute atomic E-state index is 12.8. The lowest BCUT2D eigenvalue weighted by atomic mass is 9.78. The van der Waals surface area contributed by atoms with E-state index in [0.717, 1.165) is 4.57 Å². The van der Waals surface area contributed by atoms with E-state index in [1.165, 1.54) is 30.8 Å². The van der Waals surface area contributed by atoms with Crippen molar-refractivity contribution in [1.82, 2.24) is 9.13 Å². The van der Waals surface area contributed by atoms with Gasteiger partial charge < -0.3 is 9.47 Å². The monoisotopic (exact) mass is 345 g/mol. The van der Waals surface area contributed by atoms with Crippen LogP contribution < -0.4 is 20.7 Å². The maximum Gasteiger partial charge on any atom is 0.333 e. The minimum atomic E-state index is -0.483. The minimum absolute atomic E-state index is 0.0716. The van der Waals surface area contributed by atoms with Gasteiger partial charge in [0.05, 0.1) is 23.7 Å². The summed E-state index contributed by atoms with van der Waals surface area (Å²) in [5.74, 6) is 0.148. The van der Waals surface area contributed by atoms with Crippen LogP contribution in [0.4, 0.5) is 5.69 Å². The molecule has 9 heteroatoms. The fraction of sp³-hybridized carbons (Fsp3) is 0.375. The Morgan fingerprint density at radius 2 is 1.88 bits per heavy atom. The lowest BCUT2D eigenvalue weighted by Crippen LogP contribution is -2.46. The van der Waals surface area contributed by atoms with Crippen LogP contribution in [0.25, 0.3) is 0 Å². The molecule has 0 N–H and O–H groups in total. The van der Waals surface area contributed by atoms with Crippen molar-refractivity contribution in [2.75, 3.05) is 13.2 Å². The van der Waals surface area contributed by atoms with Gasteiger partial charge in [0.2, 0.25) is 5.88 Å². The number of nitro groups is 1. The van der Waals surface area contributed by atoms with Gasteiger partial charge in [-0.05, 0) is 6.07 Å². The molecule has 2 aliphatic heterocycles. The van der Waals surface area contributed by atoms with E-state index in [1.807, 2.05) is 0 Å². The van der Waals surface area contributed by atoms with E-state index in [0.29, 0.717) is 23.5 Å². The van der Waals surface area contributed by atoms with Crippen molar-refractivity contribution in [3.63, 3.8) is 0 Å². The van der Waals surface area contributed by atoms with Crippen molar-refractivity contribution in [2.45, 2.75) is 5.92 Å². The standard InChI is InChI=1S/C16H15N3O6/c1-17-14(20)13-12-8(7-25-15(13)18(2)16(17)21)6-24-11-4-3-9(19(22)23)5-10(11)12/h3-5,8,12H,6-7H2,1-2H3/t8-,12+/m0/s1. The summed E-state index contributed by atoms with van der Waals surface area (Å²) in [6.45, 7) is 0.598. The smallest absolute Gasteiger partial charge is 0.333 e. The van der Waals surface area contributed by atoms with E-state index in [2.05, 4.69) is 0 Å². The van der Waals surface area contributed by atoms with E-state index < -0.39 is 22.1 Å². The lowest BCUT2D eigenvalue weighted by Gasteiger charge is -2.37. The molecule has 0 fully saturated rings. The zero-order valence-electron chi connectivity index (χ0n) is 13.6. The third-order valence-electron chi connectivity index (χ3n) is 4.85. The van der Waals surface area contributed by atoms with Crippen molar-refractivity contribution >= 4 is 5.69 Å². The van der Waals surface area contributed by atoms with Crippen LogP contribution in [-0.2, 0) is 14.1 Å². The van der Waals surface area contributed by atoms with E-state index in [-0.39, 0.29) is 24.1 Å². The molecule has 130 valence electrons. The summed E-state index contributed by atoms with van der Waals surface area (Å²) < 4.78 is 13.7. The zero-order chi connectivity index (χ0) is 17.9. The van der Waals surface area contributed by atoms with Crippen LogP contribution in [0.15, 0.2) is 27.8 Å². The van der Waals surface area contributed by atoms with Gasteiger partial charge in [0, 0.05) is 43.6 Å². The molecule has 0 bridgehead atoms. The number of nitrogens with zero attached hydrogens (tertiary/aromatic N) is 3. The molecular formula is C16H15N3O6. The van der Waals surface area contributed by atoms with Crippen LogP contribution in [0.5, 0.6) is 11.6 Å². The van der Waals surface area contributed by atoms with Crippen LogP contribution in [0.1, 0.15) is 17.0 Å². The Bertz CT molecular complexity index is 1020. The molecule has 3 heterocycles. The molecule has 9 nitrogen and oxygen atoms in total. The average Bonchev–Trinajstić information content (AvgIpc) is 2.62. The summed E-state index contributed by atoms with van der Waals surface area (Å²) in [7, 11) is 2.94. The Morgan fingerprint density at radius 1 is 1.16 bits per heavy atom. The van der Waals surface area contributed by atoms with Gasteiger partial charge in [0.15, 0.2) is 0 Å². The second-order valence-corrected chi connectivity index (χ2v) is 6.26. The van der Waals surface area contributed by atoms with Gasteiger partial charge in [0.25, 0.3) is 11.2 Å². The third kappa shape index (κ3) is 2.08. The fourth-order valence-corrected chi connectivity index (χ4v) is 3.58. The molecule has 2 atom stereocenters. The highest BCUT2D eigenvalue weighted by Crippen LogP contribution is 2.46. The van der Waals surface area contributed by atoms with Crippen LogP contribution in [0.3, 0.4) is 0 Å². The number of hydrogen-bond donors (Lipinski definition) is 0. The number of rotatable bonds is 1. The predicted octanol–water partition coefficient (Wildman–Crippen LogP) is 0.525. The molecule has 1 aromatic carbocycles. The number of hydrogen-bond acceptors (Lipinski definition) is 6. The third-order valence-corrected chi connectivity index (χ3v) is 4.85. The summed E-state index contributed by atoms with van der Waals surface area (Å²) in [5, 5.41) is 11.1. The van der Waals surface area contributed by atoms with E-state index in [9.17, 15) is 19.7 Å². The number of benzene rings is 1. The first kappa shape index (κ1) is 15.4. The Hall–Kier alpha value is -3.10. The first-order chi connectivity index (χ1) is 11.9. The SMILES string of the molecule is Cn1c2c(c(=O)n(C)c1=O)[C@H]1c3cc([N+](=O)[O-])ccc3OC[C@H]1CO2. The summed E-state index contributed by atoms with van der Waals surface area (Å²) >= 11 is 0. The predicted molar refractivity (Wildman–Crippen MR) is 86.3 cm³/mol. The maximum atomic E-state index is 12.8. The molecule has 0 aliphatic carbocycles. The van der Waals surface area contributed by atoms with Crippen LogP contribution in [0, 0.1) is 16.0 Å². The van der Waals surface area contributed by atoms with Crippen LogP contribution in [-0.4, -0.2) is 27.3 Å². The van der Waals surface area contributed by atoms with Gasteiger partial charge in [-0.2, -0.15) is 0 Å². The summed E-state index contributed by atoms with van der Waals surface area (Å²) in [4.78, 5) is 35.6. The highest BCUT2D eigenvalue weighted by Gasteiger charge is 2.41. The summed E-state index contributed by atoms with van der Waals surface area (Å²) in [6, 6.07) is 4.36. The van der Waals surface area contributed by atoms with Crippen molar-refractivity contribution in [3.8, 4) is 11.6 Å². The average molecular weight is 345 g/mol. The van der Waals surface area contributed by atoms with Gasteiger partial charge in [-0.15, -0.1) is 0 Å². The molecular weight excluding hydrogens is 330 g/mol. The topological polar surface area (TPSA) is 106 Å². The van der Waals surface area contributed by atoms with Crippen molar-refractivity contribution in [1.29, 1.82) is 0 Å². The molecule has 0 radical (unpaired) electrons. The van der Waals surface area contributed by atoms with E-state index in [1.54, 1.807) is 6.07 Å². The number of ether oxygens (including phenoxy) is 2. The Labute approximate surface area is 141 Å². The van der Waals surface area contributed by atoms with Crippen molar-refractivity contribution < 1.29 is 14.4 Å². The van der Waals surface area contributed by atoms with Crippen LogP contribution in [0.2, 0.25) is 0 Å². The second-order valence-electron chi connectivity index (χ2n) is 6.26. The molecule has 0 spiro atoms. The highest BCUT2D eigenvalue weighted by molar-refractivity contribution is 5.52. The molecule has 25 heavy (non-hydrogen) atoms. The van der Waals surface area contributed by atoms with Gasteiger partial charge in [-0.1, -0.05) is 0 Å². The second kappa shape index (κ2) is 5.20. The fourth-order valence-electron chi connectivity index (χ4n) is 3.58. The number of aromatic nitrogens is 2. The van der Waals surface area contributed by atoms with Gasteiger partial charge in [-0.25, -0.2) is 4.79 Å². The van der Waals surface area contributed by atoms with E-state index in [4.69, 9.17) is 9.47 Å². The van der Waals surface area contributed by atoms with Crippen molar-refractivity contribution in [2.24, 2.45) is 20.0 Å². The molecule has 0 unspecified atom stereocenters. The molecule has 2 aliphatic rings.